The fourth-order valence-corrected chi connectivity index (χ4v) is 4.57. The quantitative estimate of drug-likeness (QED) is 0.266. The van der Waals surface area contributed by atoms with Crippen LogP contribution in [0.2, 0.25) is 0 Å². The maximum absolute atomic E-state index is 4.75. The van der Waals surface area contributed by atoms with Gasteiger partial charge in [0.1, 0.15) is 5.01 Å². The lowest BCUT2D eigenvalue weighted by molar-refractivity contribution is 0.198. The summed E-state index contributed by atoms with van der Waals surface area (Å²) in [5, 5.41) is 10.2. The molecule has 2 aromatic carbocycles. The molecule has 1 aliphatic rings. The van der Waals surface area contributed by atoms with Crippen molar-refractivity contribution >= 4 is 41.3 Å². The average molecular weight is 548 g/mol. The molecule has 0 spiro atoms. The van der Waals surface area contributed by atoms with Gasteiger partial charge in [0.2, 0.25) is 0 Å². The van der Waals surface area contributed by atoms with E-state index in [1.807, 2.05) is 25.2 Å². The van der Waals surface area contributed by atoms with Crippen molar-refractivity contribution in [2.45, 2.75) is 32.0 Å². The number of nitrogens with zero attached hydrogens (tertiary/aromatic N) is 3. The van der Waals surface area contributed by atoms with Crippen LogP contribution in [0.3, 0.4) is 0 Å². The monoisotopic (exact) mass is 547 g/mol. The number of piperidine rings is 1. The van der Waals surface area contributed by atoms with Crippen LogP contribution in [0.15, 0.2) is 71.0 Å². The Morgan fingerprint density at radius 2 is 1.74 bits per heavy atom. The number of halogens is 1. The largest absolute Gasteiger partial charge is 0.354 e. The molecule has 0 aliphatic carbocycles. The molecule has 4 rings (SSSR count). The number of benzene rings is 2. The van der Waals surface area contributed by atoms with E-state index < -0.39 is 0 Å². The summed E-state index contributed by atoms with van der Waals surface area (Å²) in [6.45, 7) is 3.93. The van der Waals surface area contributed by atoms with E-state index in [0.29, 0.717) is 12.6 Å². The summed E-state index contributed by atoms with van der Waals surface area (Å²) in [6, 6.07) is 21.5. The van der Waals surface area contributed by atoms with E-state index in [1.54, 1.807) is 11.3 Å². The van der Waals surface area contributed by atoms with Crippen molar-refractivity contribution in [3.8, 4) is 10.6 Å². The first kappa shape index (κ1) is 23.7. The summed E-state index contributed by atoms with van der Waals surface area (Å²) in [6.07, 6.45) is 2.25. The Balaban J connectivity index is 0.00000272. The molecule has 5 nitrogen and oxygen atoms in total. The van der Waals surface area contributed by atoms with Crippen LogP contribution in [0.4, 0.5) is 0 Å². The van der Waals surface area contributed by atoms with Crippen molar-refractivity contribution in [3.63, 3.8) is 0 Å². The smallest absolute Gasteiger partial charge is 0.191 e. The van der Waals surface area contributed by atoms with Gasteiger partial charge >= 0.3 is 0 Å². The molecule has 2 heterocycles. The molecular formula is C24H30IN5S. The van der Waals surface area contributed by atoms with Gasteiger partial charge in [-0.2, -0.15) is 0 Å². The normalized spacial score (nSPS) is 15.3. The summed E-state index contributed by atoms with van der Waals surface area (Å²) in [4.78, 5) is 11.7. The lowest BCUT2D eigenvalue weighted by Crippen LogP contribution is -2.48. The predicted octanol–water partition coefficient (Wildman–Crippen LogP) is 4.76. The van der Waals surface area contributed by atoms with Crippen molar-refractivity contribution in [1.29, 1.82) is 0 Å². The van der Waals surface area contributed by atoms with Gasteiger partial charge in [0.15, 0.2) is 5.96 Å². The zero-order chi connectivity index (χ0) is 20.6. The second-order valence-corrected chi connectivity index (χ2v) is 8.47. The van der Waals surface area contributed by atoms with Crippen LogP contribution < -0.4 is 10.6 Å². The molecule has 0 unspecified atom stereocenters. The molecule has 1 aromatic heterocycles. The molecule has 1 saturated heterocycles. The highest BCUT2D eigenvalue weighted by Gasteiger charge is 2.20. The van der Waals surface area contributed by atoms with Crippen LogP contribution in [0.5, 0.6) is 0 Å². The Kier molecular flexibility index (Phi) is 9.30. The minimum atomic E-state index is 0. The molecule has 7 heteroatoms. The van der Waals surface area contributed by atoms with E-state index in [4.69, 9.17) is 4.98 Å². The first-order chi connectivity index (χ1) is 14.8. The Hall–Kier alpha value is -1.97. The minimum absolute atomic E-state index is 0. The van der Waals surface area contributed by atoms with Crippen molar-refractivity contribution in [2.75, 3.05) is 20.1 Å². The molecule has 2 N–H and O–H groups in total. The van der Waals surface area contributed by atoms with Crippen LogP contribution in [0.1, 0.15) is 24.1 Å². The van der Waals surface area contributed by atoms with Gasteiger partial charge in [-0.15, -0.1) is 35.3 Å². The van der Waals surface area contributed by atoms with Crippen molar-refractivity contribution in [2.24, 2.45) is 4.99 Å². The number of nitrogens with one attached hydrogen (secondary N) is 2. The Bertz CT molecular complexity index is 937. The van der Waals surface area contributed by atoms with Crippen LogP contribution in [0.25, 0.3) is 10.6 Å². The van der Waals surface area contributed by atoms with E-state index >= 15 is 0 Å². The fraction of sp³-hybridized carbons (Fsp3) is 0.333. The van der Waals surface area contributed by atoms with Crippen LogP contribution in [-0.4, -0.2) is 42.0 Å². The molecule has 1 aliphatic heterocycles. The van der Waals surface area contributed by atoms with Gasteiger partial charge in [-0.05, 0) is 18.4 Å². The number of aromatic nitrogens is 1. The lowest BCUT2D eigenvalue weighted by Gasteiger charge is -2.33. The Labute approximate surface area is 206 Å². The minimum Gasteiger partial charge on any atom is -0.354 e. The first-order valence-corrected chi connectivity index (χ1v) is 11.4. The van der Waals surface area contributed by atoms with E-state index in [-0.39, 0.29) is 24.0 Å². The summed E-state index contributed by atoms with van der Waals surface area (Å²) >= 11 is 1.68. The number of guanidine groups is 1. The molecule has 31 heavy (non-hydrogen) atoms. The molecule has 0 radical (unpaired) electrons. The topological polar surface area (TPSA) is 52.6 Å². The van der Waals surface area contributed by atoms with Crippen LogP contribution >= 0.6 is 35.3 Å². The van der Waals surface area contributed by atoms with E-state index in [2.05, 4.69) is 68.4 Å². The van der Waals surface area contributed by atoms with Crippen LogP contribution in [-0.2, 0) is 13.1 Å². The zero-order valence-corrected chi connectivity index (χ0v) is 21.0. The van der Waals surface area contributed by atoms with Gasteiger partial charge in [-0.1, -0.05) is 60.7 Å². The highest BCUT2D eigenvalue weighted by Crippen LogP contribution is 2.23. The Morgan fingerprint density at radius 1 is 1.06 bits per heavy atom. The van der Waals surface area contributed by atoms with Gasteiger partial charge in [0.05, 0.1) is 12.2 Å². The van der Waals surface area contributed by atoms with Crippen molar-refractivity contribution in [1.82, 2.24) is 20.5 Å². The third-order valence-corrected chi connectivity index (χ3v) is 6.35. The summed E-state index contributed by atoms with van der Waals surface area (Å²) in [5.41, 5.74) is 3.59. The van der Waals surface area contributed by atoms with E-state index in [0.717, 1.165) is 49.1 Å². The molecule has 3 aromatic rings. The fourth-order valence-electron chi connectivity index (χ4n) is 3.74. The Morgan fingerprint density at radius 3 is 2.42 bits per heavy atom. The number of likely N-dealkylation sites (tertiary alicyclic amines) is 1. The molecule has 164 valence electrons. The average Bonchev–Trinajstić information content (AvgIpc) is 3.28. The number of hydrogen-bond donors (Lipinski definition) is 2. The van der Waals surface area contributed by atoms with Gasteiger partial charge < -0.3 is 10.6 Å². The van der Waals surface area contributed by atoms with Gasteiger partial charge in [-0.25, -0.2) is 4.98 Å². The van der Waals surface area contributed by atoms with Gasteiger partial charge in [0.25, 0.3) is 0 Å². The predicted molar refractivity (Wildman–Crippen MR) is 141 cm³/mol. The number of hydrogen-bond acceptors (Lipinski definition) is 4. The molecule has 0 amide bonds. The van der Waals surface area contributed by atoms with Crippen LogP contribution in [0, 0.1) is 0 Å². The summed E-state index contributed by atoms with van der Waals surface area (Å²) in [7, 11) is 1.83. The third kappa shape index (κ3) is 7.02. The van der Waals surface area contributed by atoms with E-state index in [1.165, 1.54) is 11.1 Å². The second kappa shape index (κ2) is 12.2. The maximum Gasteiger partial charge on any atom is 0.191 e. The van der Waals surface area contributed by atoms with Crippen molar-refractivity contribution < 1.29 is 0 Å². The molecular weight excluding hydrogens is 517 g/mol. The highest BCUT2D eigenvalue weighted by molar-refractivity contribution is 14.0. The van der Waals surface area contributed by atoms with E-state index in [9.17, 15) is 0 Å². The third-order valence-electron chi connectivity index (χ3n) is 5.41. The van der Waals surface area contributed by atoms with Gasteiger partial charge in [-0.3, -0.25) is 9.89 Å². The summed E-state index contributed by atoms with van der Waals surface area (Å²) in [5.74, 6) is 0.853. The molecule has 0 atom stereocenters. The molecule has 0 saturated carbocycles. The highest BCUT2D eigenvalue weighted by atomic mass is 127. The number of aliphatic imine (C=N–C) groups is 1. The number of thiazole rings is 1. The van der Waals surface area contributed by atoms with Gasteiger partial charge in [0, 0.05) is 43.7 Å². The SMILES string of the molecule is CN=C(NCc1csc(-c2ccccc2)n1)NC1CCN(Cc2ccccc2)CC1.I. The molecule has 0 bridgehead atoms. The van der Waals surface area contributed by atoms with Crippen molar-refractivity contribution in [3.05, 3.63) is 77.3 Å². The lowest BCUT2D eigenvalue weighted by atomic mass is 10.0. The second-order valence-electron chi connectivity index (χ2n) is 7.62. The maximum atomic E-state index is 4.75. The zero-order valence-electron chi connectivity index (χ0n) is 17.8. The standard InChI is InChI=1S/C24H29N5S.HI/c1-25-24(26-16-22-18-30-23(27-22)20-10-6-3-7-11-20)28-21-12-14-29(15-13-21)17-19-8-4-2-5-9-19;/h2-11,18,21H,12-17H2,1H3,(H2,25,26,28);1H. The molecule has 1 fully saturated rings. The number of rotatable bonds is 6. The first-order valence-electron chi connectivity index (χ1n) is 10.5. The summed E-state index contributed by atoms with van der Waals surface area (Å²) < 4.78 is 0.